The zero-order valence-corrected chi connectivity index (χ0v) is 11.8. The molecule has 4 heteroatoms. The summed E-state index contributed by atoms with van der Waals surface area (Å²) in [5.41, 5.74) is 7.67. The third-order valence-electron chi connectivity index (χ3n) is 3.42. The number of rotatable bonds is 5. The van der Waals surface area contributed by atoms with Gasteiger partial charge in [-0.1, -0.05) is 18.2 Å². The Balaban J connectivity index is 1.80. The summed E-state index contributed by atoms with van der Waals surface area (Å²) in [4.78, 5) is 0. The Labute approximate surface area is 123 Å². The van der Waals surface area contributed by atoms with E-state index in [4.69, 9.17) is 19.6 Å². The van der Waals surface area contributed by atoms with Crippen LogP contribution < -0.4 is 15.2 Å². The summed E-state index contributed by atoms with van der Waals surface area (Å²) in [6, 6.07) is 15.3. The lowest BCUT2D eigenvalue weighted by molar-refractivity contribution is 0.272. The van der Waals surface area contributed by atoms with E-state index in [1.54, 1.807) is 7.11 Å². The van der Waals surface area contributed by atoms with E-state index in [0.29, 0.717) is 13.2 Å². The molecule has 0 aliphatic heterocycles. The van der Waals surface area contributed by atoms with Crippen molar-refractivity contribution >= 4 is 11.0 Å². The summed E-state index contributed by atoms with van der Waals surface area (Å²) in [6.07, 6.45) is 0. The molecule has 0 atom stereocenters. The molecule has 2 aromatic carbocycles. The van der Waals surface area contributed by atoms with Crippen molar-refractivity contribution in [3.63, 3.8) is 0 Å². The monoisotopic (exact) mass is 283 g/mol. The lowest BCUT2D eigenvalue weighted by Gasteiger charge is -2.06. The highest BCUT2D eigenvalue weighted by atomic mass is 16.5. The zero-order chi connectivity index (χ0) is 14.7. The second kappa shape index (κ2) is 5.89. The number of hydrogen-bond donors (Lipinski definition) is 1. The van der Waals surface area contributed by atoms with Gasteiger partial charge in [-0.2, -0.15) is 0 Å². The van der Waals surface area contributed by atoms with Crippen LogP contribution in [0.5, 0.6) is 11.5 Å². The lowest BCUT2D eigenvalue weighted by Crippen LogP contribution is -2.02. The molecule has 2 N–H and O–H groups in total. The van der Waals surface area contributed by atoms with Crippen molar-refractivity contribution in [3.8, 4) is 11.5 Å². The molecule has 21 heavy (non-hydrogen) atoms. The van der Waals surface area contributed by atoms with Crippen molar-refractivity contribution in [2.24, 2.45) is 5.73 Å². The van der Waals surface area contributed by atoms with Gasteiger partial charge in [-0.15, -0.1) is 0 Å². The molecule has 0 spiro atoms. The van der Waals surface area contributed by atoms with Gasteiger partial charge < -0.3 is 19.6 Å². The SMILES string of the molecule is COc1ccc(OCc2oc3ccccc3c2CN)cc1. The van der Waals surface area contributed by atoms with E-state index in [2.05, 4.69) is 0 Å². The minimum Gasteiger partial charge on any atom is -0.497 e. The van der Waals surface area contributed by atoms with Crippen LogP contribution in [-0.2, 0) is 13.2 Å². The molecule has 0 saturated heterocycles. The summed E-state index contributed by atoms with van der Waals surface area (Å²) in [7, 11) is 1.64. The first-order valence-electron chi connectivity index (χ1n) is 6.78. The largest absolute Gasteiger partial charge is 0.497 e. The summed E-state index contributed by atoms with van der Waals surface area (Å²) in [6.45, 7) is 0.784. The molecule has 3 rings (SSSR count). The van der Waals surface area contributed by atoms with Gasteiger partial charge in [0.25, 0.3) is 0 Å². The predicted molar refractivity (Wildman–Crippen MR) is 81.4 cm³/mol. The first kappa shape index (κ1) is 13.5. The maximum absolute atomic E-state index is 5.84. The number of benzene rings is 2. The number of ether oxygens (including phenoxy) is 2. The number of hydrogen-bond acceptors (Lipinski definition) is 4. The molecular weight excluding hydrogens is 266 g/mol. The van der Waals surface area contributed by atoms with Crippen molar-refractivity contribution in [2.45, 2.75) is 13.2 Å². The van der Waals surface area contributed by atoms with Crippen LogP contribution in [0.2, 0.25) is 0 Å². The first-order chi connectivity index (χ1) is 10.3. The molecule has 0 fully saturated rings. The minimum atomic E-state index is 0.355. The molecule has 0 radical (unpaired) electrons. The minimum absolute atomic E-state index is 0.355. The Bertz CT molecular complexity index is 731. The van der Waals surface area contributed by atoms with Gasteiger partial charge in [0.1, 0.15) is 29.4 Å². The van der Waals surface area contributed by atoms with Gasteiger partial charge >= 0.3 is 0 Å². The smallest absolute Gasteiger partial charge is 0.147 e. The number of nitrogens with two attached hydrogens (primary N) is 1. The predicted octanol–water partition coefficient (Wildman–Crippen LogP) is 3.48. The Morgan fingerprint density at radius 2 is 1.71 bits per heavy atom. The average molecular weight is 283 g/mol. The Hall–Kier alpha value is -2.46. The number of fused-ring (bicyclic) bond motifs is 1. The molecule has 108 valence electrons. The van der Waals surface area contributed by atoms with Crippen LogP contribution in [0.15, 0.2) is 52.9 Å². The standard InChI is InChI=1S/C17H17NO3/c1-19-12-6-8-13(9-7-12)20-11-17-15(10-18)14-4-2-3-5-16(14)21-17/h2-9H,10-11,18H2,1H3. The molecule has 0 unspecified atom stereocenters. The second-order valence-corrected chi connectivity index (χ2v) is 4.67. The third kappa shape index (κ3) is 2.71. The Morgan fingerprint density at radius 3 is 2.43 bits per heavy atom. The van der Waals surface area contributed by atoms with E-state index in [-0.39, 0.29) is 0 Å². The van der Waals surface area contributed by atoms with Crippen molar-refractivity contribution in [1.29, 1.82) is 0 Å². The highest BCUT2D eigenvalue weighted by molar-refractivity contribution is 5.82. The van der Waals surface area contributed by atoms with Crippen LogP contribution >= 0.6 is 0 Å². The van der Waals surface area contributed by atoms with E-state index < -0.39 is 0 Å². The van der Waals surface area contributed by atoms with Gasteiger partial charge in [-0.3, -0.25) is 0 Å². The fourth-order valence-corrected chi connectivity index (χ4v) is 2.31. The van der Waals surface area contributed by atoms with Crippen LogP contribution in [0.3, 0.4) is 0 Å². The van der Waals surface area contributed by atoms with Crippen LogP contribution in [0.1, 0.15) is 11.3 Å². The normalized spacial score (nSPS) is 10.8. The lowest BCUT2D eigenvalue weighted by atomic mass is 10.1. The quantitative estimate of drug-likeness (QED) is 0.779. The van der Waals surface area contributed by atoms with Crippen LogP contribution in [0.4, 0.5) is 0 Å². The van der Waals surface area contributed by atoms with Gasteiger partial charge in [0.2, 0.25) is 0 Å². The topological polar surface area (TPSA) is 57.6 Å². The molecule has 0 aliphatic rings. The van der Waals surface area contributed by atoms with Crippen molar-refractivity contribution in [1.82, 2.24) is 0 Å². The summed E-state index contributed by atoms with van der Waals surface area (Å²) >= 11 is 0. The molecular formula is C17H17NO3. The van der Waals surface area contributed by atoms with Crippen molar-refractivity contribution in [3.05, 3.63) is 59.9 Å². The van der Waals surface area contributed by atoms with Gasteiger partial charge in [0.05, 0.1) is 7.11 Å². The molecule has 1 heterocycles. The fourth-order valence-electron chi connectivity index (χ4n) is 2.31. The highest BCUT2D eigenvalue weighted by Gasteiger charge is 2.12. The first-order valence-corrected chi connectivity index (χ1v) is 6.78. The van der Waals surface area contributed by atoms with E-state index in [1.165, 1.54) is 0 Å². The molecule has 4 nitrogen and oxygen atoms in total. The highest BCUT2D eigenvalue weighted by Crippen LogP contribution is 2.27. The van der Waals surface area contributed by atoms with E-state index in [0.717, 1.165) is 33.8 Å². The number of methoxy groups -OCH3 is 1. The average Bonchev–Trinajstić information content (AvgIpc) is 2.91. The summed E-state index contributed by atoms with van der Waals surface area (Å²) in [5.74, 6) is 2.34. The van der Waals surface area contributed by atoms with Crippen LogP contribution in [0, 0.1) is 0 Å². The maximum Gasteiger partial charge on any atom is 0.147 e. The third-order valence-corrected chi connectivity index (χ3v) is 3.42. The molecule has 0 saturated carbocycles. The number of furan rings is 1. The summed E-state index contributed by atoms with van der Waals surface area (Å²) < 4.78 is 16.7. The van der Waals surface area contributed by atoms with Crippen LogP contribution in [-0.4, -0.2) is 7.11 Å². The van der Waals surface area contributed by atoms with Crippen molar-refractivity contribution in [2.75, 3.05) is 7.11 Å². The zero-order valence-electron chi connectivity index (χ0n) is 11.8. The summed E-state index contributed by atoms with van der Waals surface area (Å²) in [5, 5.41) is 1.05. The molecule has 0 amide bonds. The molecule has 1 aromatic heterocycles. The molecule has 0 bridgehead atoms. The van der Waals surface area contributed by atoms with Gasteiger partial charge in [-0.05, 0) is 30.3 Å². The van der Waals surface area contributed by atoms with E-state index in [9.17, 15) is 0 Å². The Morgan fingerprint density at radius 1 is 1.00 bits per heavy atom. The van der Waals surface area contributed by atoms with Gasteiger partial charge in [0, 0.05) is 17.5 Å². The maximum atomic E-state index is 5.84. The second-order valence-electron chi connectivity index (χ2n) is 4.67. The molecule has 3 aromatic rings. The van der Waals surface area contributed by atoms with Gasteiger partial charge in [0.15, 0.2) is 0 Å². The van der Waals surface area contributed by atoms with Crippen LogP contribution in [0.25, 0.3) is 11.0 Å². The fraction of sp³-hybridized carbons (Fsp3) is 0.176. The Kier molecular flexibility index (Phi) is 3.79. The van der Waals surface area contributed by atoms with E-state index >= 15 is 0 Å². The van der Waals surface area contributed by atoms with E-state index in [1.807, 2.05) is 48.5 Å². The molecule has 0 aliphatic carbocycles. The van der Waals surface area contributed by atoms with Gasteiger partial charge in [-0.25, -0.2) is 0 Å². The van der Waals surface area contributed by atoms with Crippen molar-refractivity contribution < 1.29 is 13.9 Å². The number of para-hydroxylation sites is 1.